The van der Waals surface area contributed by atoms with E-state index >= 15 is 0 Å². The van der Waals surface area contributed by atoms with Crippen LogP contribution in [-0.2, 0) is 6.67 Å². The van der Waals surface area contributed by atoms with Crippen molar-refractivity contribution in [1.29, 1.82) is 0 Å². The zero-order valence-electron chi connectivity index (χ0n) is 15.3. The third kappa shape index (κ3) is 3.39. The van der Waals surface area contributed by atoms with Gasteiger partial charge in [-0.25, -0.2) is 4.68 Å². The molecule has 0 aliphatic heterocycles. The summed E-state index contributed by atoms with van der Waals surface area (Å²) in [4.78, 5) is 2.42. The van der Waals surface area contributed by atoms with E-state index in [1.54, 1.807) is 6.26 Å². The highest BCUT2D eigenvalue weighted by Crippen LogP contribution is 2.30. The Balaban J connectivity index is 1.77. The van der Waals surface area contributed by atoms with Crippen molar-refractivity contribution in [3.63, 3.8) is 0 Å². The van der Waals surface area contributed by atoms with Crippen LogP contribution in [0.4, 0.5) is 0 Å². The second kappa shape index (κ2) is 7.21. The highest BCUT2D eigenvalue weighted by atomic mass is 32.1. The molecular weight excluding hydrogens is 344 g/mol. The molecule has 0 bridgehead atoms. The summed E-state index contributed by atoms with van der Waals surface area (Å²) in [5, 5.41) is 4.88. The number of nitrogens with zero attached hydrogens (tertiary/aromatic N) is 4. The van der Waals surface area contributed by atoms with Gasteiger partial charge >= 0.3 is 0 Å². The Labute approximate surface area is 158 Å². The van der Waals surface area contributed by atoms with Crippen LogP contribution < -0.4 is 0 Å². The molecule has 0 saturated heterocycles. The molecule has 0 unspecified atom stereocenters. The molecule has 1 saturated carbocycles. The molecule has 1 fully saturated rings. The Hall–Kier alpha value is -2.18. The lowest BCUT2D eigenvalue weighted by molar-refractivity contribution is 0.207. The van der Waals surface area contributed by atoms with E-state index in [1.807, 2.05) is 40.4 Å². The lowest BCUT2D eigenvalue weighted by Gasteiger charge is -2.19. The van der Waals surface area contributed by atoms with Crippen molar-refractivity contribution < 1.29 is 4.42 Å². The van der Waals surface area contributed by atoms with Crippen molar-refractivity contribution >= 4 is 12.2 Å². The van der Waals surface area contributed by atoms with Gasteiger partial charge in [0, 0.05) is 12.2 Å². The number of benzene rings is 1. The second-order valence-corrected chi connectivity index (χ2v) is 7.29. The molecule has 0 radical (unpaired) electrons. The van der Waals surface area contributed by atoms with Crippen molar-refractivity contribution in [3.8, 4) is 17.1 Å². The minimum Gasteiger partial charge on any atom is -0.469 e. The predicted molar refractivity (Wildman–Crippen MR) is 105 cm³/mol. The van der Waals surface area contributed by atoms with Crippen LogP contribution in [0.5, 0.6) is 0 Å². The van der Waals surface area contributed by atoms with E-state index in [2.05, 4.69) is 24.0 Å². The molecule has 1 aliphatic rings. The van der Waals surface area contributed by atoms with E-state index in [-0.39, 0.29) is 0 Å². The number of aromatic nitrogens is 3. The van der Waals surface area contributed by atoms with Gasteiger partial charge in [0.25, 0.3) is 0 Å². The molecule has 2 aromatic heterocycles. The van der Waals surface area contributed by atoms with Gasteiger partial charge in [-0.1, -0.05) is 25.1 Å². The summed E-state index contributed by atoms with van der Waals surface area (Å²) >= 11 is 5.81. The molecule has 6 heteroatoms. The highest BCUT2D eigenvalue weighted by molar-refractivity contribution is 7.71. The number of para-hydroxylation sites is 1. The zero-order valence-corrected chi connectivity index (χ0v) is 16.1. The summed E-state index contributed by atoms with van der Waals surface area (Å²) in [6, 6.07) is 12.1. The lowest BCUT2D eigenvalue weighted by Crippen LogP contribution is -2.29. The molecule has 0 atom stereocenters. The van der Waals surface area contributed by atoms with Crippen LogP contribution in [0, 0.1) is 17.6 Å². The zero-order chi connectivity index (χ0) is 18.1. The normalized spacial score (nSPS) is 14.3. The van der Waals surface area contributed by atoms with Crippen molar-refractivity contribution in [2.24, 2.45) is 5.92 Å². The van der Waals surface area contributed by atoms with Gasteiger partial charge in [-0.2, -0.15) is 0 Å². The van der Waals surface area contributed by atoms with Crippen molar-refractivity contribution in [2.75, 3.05) is 13.1 Å². The molecule has 2 heterocycles. The molecular formula is C20H24N4OS. The van der Waals surface area contributed by atoms with Crippen LogP contribution in [0.15, 0.2) is 47.1 Å². The molecule has 1 aromatic carbocycles. The Morgan fingerprint density at radius 3 is 2.62 bits per heavy atom. The summed E-state index contributed by atoms with van der Waals surface area (Å²) in [5.41, 5.74) is 1.99. The first-order valence-corrected chi connectivity index (χ1v) is 9.60. The average Bonchev–Trinajstić information content (AvgIpc) is 3.29. The van der Waals surface area contributed by atoms with Crippen LogP contribution in [0.3, 0.4) is 0 Å². The summed E-state index contributed by atoms with van der Waals surface area (Å²) in [6.07, 6.45) is 4.40. The second-order valence-electron chi connectivity index (χ2n) is 6.92. The van der Waals surface area contributed by atoms with Gasteiger partial charge in [0.05, 0.1) is 18.5 Å². The summed E-state index contributed by atoms with van der Waals surface area (Å²) in [5.74, 6) is 2.52. The van der Waals surface area contributed by atoms with Gasteiger partial charge in [0.1, 0.15) is 5.76 Å². The molecule has 3 aromatic rings. The Kier molecular flexibility index (Phi) is 4.78. The number of furan rings is 1. The monoisotopic (exact) mass is 368 g/mol. The third-order valence-electron chi connectivity index (χ3n) is 4.95. The molecule has 0 N–H and O–H groups in total. The van der Waals surface area contributed by atoms with Gasteiger partial charge in [-0.3, -0.25) is 9.47 Å². The first kappa shape index (κ1) is 17.2. The van der Waals surface area contributed by atoms with Crippen LogP contribution in [-0.4, -0.2) is 32.3 Å². The first-order chi connectivity index (χ1) is 12.7. The maximum absolute atomic E-state index is 5.81. The van der Waals surface area contributed by atoms with Gasteiger partial charge in [0.2, 0.25) is 4.77 Å². The Morgan fingerprint density at radius 2 is 2.00 bits per heavy atom. The van der Waals surface area contributed by atoms with E-state index in [0.717, 1.165) is 48.5 Å². The summed E-state index contributed by atoms with van der Waals surface area (Å²) < 4.78 is 10.2. The van der Waals surface area contributed by atoms with Gasteiger partial charge in [0.15, 0.2) is 5.82 Å². The fraction of sp³-hybridized carbons (Fsp3) is 0.400. The van der Waals surface area contributed by atoms with E-state index in [1.165, 1.54) is 12.8 Å². The van der Waals surface area contributed by atoms with Crippen LogP contribution in [0.25, 0.3) is 17.1 Å². The minimum atomic E-state index is 0.709. The smallest absolute Gasteiger partial charge is 0.204 e. The van der Waals surface area contributed by atoms with Gasteiger partial charge in [-0.15, -0.1) is 5.10 Å². The average molecular weight is 369 g/mol. The maximum Gasteiger partial charge on any atom is 0.204 e. The van der Waals surface area contributed by atoms with Crippen molar-refractivity contribution in [2.45, 2.75) is 33.4 Å². The van der Waals surface area contributed by atoms with Gasteiger partial charge < -0.3 is 4.42 Å². The largest absolute Gasteiger partial charge is 0.469 e. The molecule has 0 amide bonds. The minimum absolute atomic E-state index is 0.709. The molecule has 4 rings (SSSR count). The topological polar surface area (TPSA) is 39.1 Å². The summed E-state index contributed by atoms with van der Waals surface area (Å²) in [7, 11) is 0. The third-order valence-corrected chi connectivity index (χ3v) is 5.34. The molecule has 1 aliphatic carbocycles. The van der Waals surface area contributed by atoms with E-state index in [4.69, 9.17) is 21.7 Å². The number of rotatable bonds is 7. The number of hydrogen-bond acceptors (Lipinski definition) is 4. The Bertz CT molecular complexity index is 936. The molecule has 136 valence electrons. The van der Waals surface area contributed by atoms with E-state index < -0.39 is 0 Å². The van der Waals surface area contributed by atoms with E-state index in [9.17, 15) is 0 Å². The fourth-order valence-electron chi connectivity index (χ4n) is 3.24. The number of hydrogen-bond donors (Lipinski definition) is 0. The van der Waals surface area contributed by atoms with Crippen molar-refractivity contribution in [1.82, 2.24) is 19.2 Å². The maximum atomic E-state index is 5.81. The highest BCUT2D eigenvalue weighted by Gasteiger charge is 2.25. The van der Waals surface area contributed by atoms with Crippen molar-refractivity contribution in [3.05, 3.63) is 53.2 Å². The van der Waals surface area contributed by atoms with Gasteiger partial charge in [-0.05, 0) is 62.6 Å². The quantitative estimate of drug-likeness (QED) is 0.569. The predicted octanol–water partition coefficient (Wildman–Crippen LogP) is 4.66. The van der Waals surface area contributed by atoms with Crippen LogP contribution in [0.2, 0.25) is 0 Å². The van der Waals surface area contributed by atoms with Crippen LogP contribution >= 0.6 is 12.2 Å². The SMILES string of the molecule is CCN(CC1CC1)Cn1nc(-c2ccoc2C)n(-c2ccccc2)c1=S. The van der Waals surface area contributed by atoms with E-state index in [0.29, 0.717) is 4.77 Å². The number of aryl methyl sites for hydroxylation is 1. The van der Waals surface area contributed by atoms with Crippen LogP contribution in [0.1, 0.15) is 25.5 Å². The molecule has 26 heavy (non-hydrogen) atoms. The molecule has 0 spiro atoms. The fourth-order valence-corrected chi connectivity index (χ4v) is 3.53. The molecule has 5 nitrogen and oxygen atoms in total. The summed E-state index contributed by atoms with van der Waals surface area (Å²) in [6.45, 7) is 6.99. The first-order valence-electron chi connectivity index (χ1n) is 9.19. The lowest BCUT2D eigenvalue weighted by atomic mass is 10.2. The standard InChI is InChI=1S/C20H24N4OS/c1-3-22(13-16-9-10-16)14-23-20(26)24(17-7-5-4-6-8-17)19(21-23)18-11-12-25-15(18)2/h4-8,11-12,16H,3,9-10,13-14H2,1-2H3. The Morgan fingerprint density at radius 1 is 1.23 bits per heavy atom.